The van der Waals surface area contributed by atoms with Gasteiger partial charge in [-0.1, -0.05) is 42.0 Å². The molecule has 0 aliphatic rings. The second-order valence-electron chi connectivity index (χ2n) is 8.23. The van der Waals surface area contributed by atoms with Crippen molar-refractivity contribution in [2.24, 2.45) is 0 Å². The maximum atomic E-state index is 13.1. The quantitative estimate of drug-likeness (QED) is 0.818. The lowest BCUT2D eigenvalue weighted by Gasteiger charge is -2.31. The van der Waals surface area contributed by atoms with Crippen LogP contribution in [0.4, 0.5) is 4.39 Å². The largest absolute Gasteiger partial charge is 0.350 e. The number of carbonyl (C=O) groups excluding carboxylic acids is 2. The van der Waals surface area contributed by atoms with E-state index in [9.17, 15) is 14.0 Å². The van der Waals surface area contributed by atoms with Crippen LogP contribution in [0.5, 0.6) is 0 Å². The van der Waals surface area contributed by atoms with Crippen LogP contribution in [-0.4, -0.2) is 28.3 Å². The monoisotopic (exact) mass is 384 g/mol. The van der Waals surface area contributed by atoms with Gasteiger partial charge in [-0.2, -0.15) is 0 Å². The zero-order valence-electron chi connectivity index (χ0n) is 17.3. The summed E-state index contributed by atoms with van der Waals surface area (Å²) in [7, 11) is 0. The molecule has 4 nitrogen and oxygen atoms in total. The van der Waals surface area contributed by atoms with Crippen LogP contribution in [0, 0.1) is 12.7 Å². The molecule has 0 radical (unpaired) electrons. The highest BCUT2D eigenvalue weighted by atomic mass is 19.1. The molecule has 28 heavy (non-hydrogen) atoms. The zero-order valence-corrected chi connectivity index (χ0v) is 17.3. The standard InChI is InChI=1S/C23H29FN2O2/c1-16-6-8-19(9-7-16)15-26(17(2)22(28)25-23(3,4)5)21(27)14-18-10-12-20(24)13-11-18/h6-13,17H,14-15H2,1-5H3,(H,25,28)/t17-/m0/s1. The van der Waals surface area contributed by atoms with Crippen LogP contribution in [0.3, 0.4) is 0 Å². The minimum Gasteiger partial charge on any atom is -0.350 e. The first-order chi connectivity index (χ1) is 13.0. The molecule has 5 heteroatoms. The first-order valence-electron chi connectivity index (χ1n) is 9.46. The third kappa shape index (κ3) is 6.48. The number of hydrogen-bond acceptors (Lipinski definition) is 2. The first-order valence-corrected chi connectivity index (χ1v) is 9.46. The van der Waals surface area contributed by atoms with Gasteiger partial charge < -0.3 is 10.2 Å². The van der Waals surface area contributed by atoms with Crippen LogP contribution in [0.2, 0.25) is 0 Å². The molecule has 150 valence electrons. The number of nitrogens with one attached hydrogen (secondary N) is 1. The van der Waals surface area contributed by atoms with Crippen molar-refractivity contribution in [2.45, 2.75) is 59.2 Å². The van der Waals surface area contributed by atoms with E-state index in [0.29, 0.717) is 12.1 Å². The molecule has 0 unspecified atom stereocenters. The first kappa shape index (κ1) is 21.6. The molecule has 1 atom stereocenters. The second kappa shape index (κ2) is 9.00. The van der Waals surface area contributed by atoms with Gasteiger partial charge in [0.2, 0.25) is 11.8 Å². The number of amides is 2. The van der Waals surface area contributed by atoms with Crippen molar-refractivity contribution >= 4 is 11.8 Å². The van der Waals surface area contributed by atoms with Crippen LogP contribution in [-0.2, 0) is 22.6 Å². The lowest BCUT2D eigenvalue weighted by Crippen LogP contribution is -2.52. The van der Waals surface area contributed by atoms with E-state index in [2.05, 4.69) is 5.32 Å². The third-order valence-corrected chi connectivity index (χ3v) is 4.41. The Labute approximate surface area is 166 Å². The van der Waals surface area contributed by atoms with Crippen molar-refractivity contribution in [1.29, 1.82) is 0 Å². The van der Waals surface area contributed by atoms with Crippen LogP contribution in [0.1, 0.15) is 44.4 Å². The summed E-state index contributed by atoms with van der Waals surface area (Å²) >= 11 is 0. The summed E-state index contributed by atoms with van der Waals surface area (Å²) < 4.78 is 13.1. The second-order valence-corrected chi connectivity index (χ2v) is 8.23. The van der Waals surface area contributed by atoms with E-state index in [1.807, 2.05) is 52.0 Å². The molecule has 0 saturated carbocycles. The van der Waals surface area contributed by atoms with Gasteiger partial charge in [-0.15, -0.1) is 0 Å². The normalized spacial score (nSPS) is 12.4. The summed E-state index contributed by atoms with van der Waals surface area (Å²) in [6.07, 6.45) is 0.110. The summed E-state index contributed by atoms with van der Waals surface area (Å²) in [4.78, 5) is 27.3. The molecule has 0 fully saturated rings. The molecular weight excluding hydrogens is 355 g/mol. The molecule has 2 aromatic carbocycles. The fourth-order valence-corrected chi connectivity index (χ4v) is 2.83. The van der Waals surface area contributed by atoms with Crippen molar-refractivity contribution in [3.05, 3.63) is 71.0 Å². The van der Waals surface area contributed by atoms with E-state index in [-0.39, 0.29) is 29.6 Å². The molecular formula is C23H29FN2O2. The SMILES string of the molecule is Cc1ccc(CN(C(=O)Cc2ccc(F)cc2)[C@@H](C)C(=O)NC(C)(C)C)cc1. The molecule has 0 aromatic heterocycles. The fraction of sp³-hybridized carbons (Fsp3) is 0.391. The van der Waals surface area contributed by atoms with Gasteiger partial charge >= 0.3 is 0 Å². The highest BCUT2D eigenvalue weighted by Crippen LogP contribution is 2.14. The number of nitrogens with zero attached hydrogens (tertiary/aromatic N) is 1. The molecule has 0 aliphatic heterocycles. The predicted molar refractivity (Wildman–Crippen MR) is 109 cm³/mol. The van der Waals surface area contributed by atoms with Crippen molar-refractivity contribution in [1.82, 2.24) is 10.2 Å². The van der Waals surface area contributed by atoms with E-state index < -0.39 is 6.04 Å². The number of hydrogen-bond donors (Lipinski definition) is 1. The predicted octanol–water partition coefficient (Wildman–Crippen LogP) is 4.01. The Morgan fingerprint density at radius 1 is 1.00 bits per heavy atom. The molecule has 0 heterocycles. The van der Waals surface area contributed by atoms with E-state index in [1.165, 1.54) is 12.1 Å². The van der Waals surface area contributed by atoms with Crippen molar-refractivity contribution in [2.75, 3.05) is 0 Å². The molecule has 0 saturated heterocycles. The molecule has 1 N–H and O–H groups in total. The molecule has 0 aliphatic carbocycles. The lowest BCUT2D eigenvalue weighted by atomic mass is 10.1. The van der Waals surface area contributed by atoms with Gasteiger partial charge in [-0.25, -0.2) is 4.39 Å². The Morgan fingerprint density at radius 2 is 1.54 bits per heavy atom. The Bertz CT molecular complexity index is 808. The van der Waals surface area contributed by atoms with E-state index in [4.69, 9.17) is 0 Å². The summed E-state index contributed by atoms with van der Waals surface area (Å²) in [5, 5.41) is 2.94. The lowest BCUT2D eigenvalue weighted by molar-refractivity contribution is -0.140. The highest BCUT2D eigenvalue weighted by Gasteiger charge is 2.28. The van der Waals surface area contributed by atoms with Gasteiger partial charge in [-0.3, -0.25) is 9.59 Å². The number of halogens is 1. The van der Waals surface area contributed by atoms with Crippen molar-refractivity contribution < 1.29 is 14.0 Å². The van der Waals surface area contributed by atoms with Gasteiger partial charge in [0.1, 0.15) is 11.9 Å². The van der Waals surface area contributed by atoms with Crippen molar-refractivity contribution in [3.8, 4) is 0 Å². The Morgan fingerprint density at radius 3 is 2.07 bits per heavy atom. The summed E-state index contributed by atoms with van der Waals surface area (Å²) in [5.74, 6) is -0.721. The Balaban J connectivity index is 2.23. The Kier molecular flexibility index (Phi) is 6.95. The van der Waals surface area contributed by atoms with E-state index in [1.54, 1.807) is 24.0 Å². The van der Waals surface area contributed by atoms with Gasteiger partial charge in [0.25, 0.3) is 0 Å². The van der Waals surface area contributed by atoms with E-state index in [0.717, 1.165) is 11.1 Å². The average molecular weight is 384 g/mol. The Hall–Kier alpha value is -2.69. The van der Waals surface area contributed by atoms with E-state index >= 15 is 0 Å². The van der Waals surface area contributed by atoms with Gasteiger partial charge in [0, 0.05) is 12.1 Å². The van der Waals surface area contributed by atoms with Gasteiger partial charge in [0.05, 0.1) is 6.42 Å². The van der Waals surface area contributed by atoms with Gasteiger partial charge in [-0.05, 0) is 57.9 Å². The number of benzene rings is 2. The molecule has 2 amide bonds. The molecule has 0 bridgehead atoms. The third-order valence-electron chi connectivity index (χ3n) is 4.41. The number of carbonyl (C=O) groups is 2. The summed E-state index contributed by atoms with van der Waals surface area (Å²) in [6, 6.07) is 13.1. The van der Waals surface area contributed by atoms with Crippen LogP contribution in [0.15, 0.2) is 48.5 Å². The number of rotatable bonds is 6. The average Bonchev–Trinajstić information content (AvgIpc) is 2.61. The topological polar surface area (TPSA) is 49.4 Å². The zero-order chi connectivity index (χ0) is 20.9. The number of aryl methyl sites for hydroxylation is 1. The smallest absolute Gasteiger partial charge is 0.242 e. The van der Waals surface area contributed by atoms with Gasteiger partial charge in [0.15, 0.2) is 0 Å². The summed E-state index contributed by atoms with van der Waals surface area (Å²) in [6.45, 7) is 9.78. The minimum absolute atomic E-state index is 0.110. The molecule has 2 rings (SSSR count). The van der Waals surface area contributed by atoms with Crippen LogP contribution >= 0.6 is 0 Å². The maximum Gasteiger partial charge on any atom is 0.242 e. The van der Waals surface area contributed by atoms with Crippen LogP contribution < -0.4 is 5.32 Å². The fourth-order valence-electron chi connectivity index (χ4n) is 2.83. The molecule has 0 spiro atoms. The van der Waals surface area contributed by atoms with Crippen LogP contribution in [0.25, 0.3) is 0 Å². The summed E-state index contributed by atoms with van der Waals surface area (Å²) in [5.41, 5.74) is 2.41. The maximum absolute atomic E-state index is 13.1. The highest BCUT2D eigenvalue weighted by molar-refractivity contribution is 5.88. The van der Waals surface area contributed by atoms with Crippen molar-refractivity contribution in [3.63, 3.8) is 0 Å². The molecule has 2 aromatic rings. The minimum atomic E-state index is -0.631.